The Labute approximate surface area is 88.0 Å². The maximum absolute atomic E-state index is 11.2. The van der Waals surface area contributed by atoms with Crippen LogP contribution < -0.4 is 5.32 Å². The molecular weight excluding hydrogens is 198 g/mol. The minimum absolute atomic E-state index is 0.280. The first kappa shape index (κ1) is 11.6. The largest absolute Gasteiger partial charge is 0.465 e. The first-order valence-electron chi connectivity index (χ1n) is 4.82. The van der Waals surface area contributed by atoms with Crippen LogP contribution in [-0.2, 0) is 16.1 Å². The standard InChI is InChI=1S/C9H15N3O3/c1-4-14-9(13)6(2)10-5-8-11-7(3)15-12-8/h6,10H,4-5H2,1-3H3. The van der Waals surface area contributed by atoms with Crippen molar-refractivity contribution in [1.82, 2.24) is 15.5 Å². The molecule has 0 aliphatic carbocycles. The molecule has 0 fully saturated rings. The van der Waals surface area contributed by atoms with Crippen LogP contribution in [0.4, 0.5) is 0 Å². The zero-order valence-electron chi connectivity index (χ0n) is 9.11. The lowest BCUT2D eigenvalue weighted by molar-refractivity contribution is -0.145. The highest BCUT2D eigenvalue weighted by molar-refractivity contribution is 5.75. The third kappa shape index (κ3) is 3.67. The van der Waals surface area contributed by atoms with Crippen molar-refractivity contribution >= 4 is 5.97 Å². The van der Waals surface area contributed by atoms with E-state index in [4.69, 9.17) is 9.26 Å². The van der Waals surface area contributed by atoms with Gasteiger partial charge in [0.25, 0.3) is 0 Å². The predicted octanol–water partition coefficient (Wildman–Crippen LogP) is 0.419. The summed E-state index contributed by atoms with van der Waals surface area (Å²) in [6.07, 6.45) is 0. The Morgan fingerprint density at radius 1 is 1.67 bits per heavy atom. The summed E-state index contributed by atoms with van der Waals surface area (Å²) in [7, 11) is 0. The zero-order valence-corrected chi connectivity index (χ0v) is 9.11. The number of nitrogens with one attached hydrogen (secondary N) is 1. The van der Waals surface area contributed by atoms with Gasteiger partial charge in [-0.2, -0.15) is 4.98 Å². The Kier molecular flexibility index (Phi) is 4.23. The maximum atomic E-state index is 11.2. The van der Waals surface area contributed by atoms with Gasteiger partial charge in [-0.3, -0.25) is 10.1 Å². The average molecular weight is 213 g/mol. The fourth-order valence-electron chi connectivity index (χ4n) is 1.01. The number of esters is 1. The fraction of sp³-hybridized carbons (Fsp3) is 0.667. The van der Waals surface area contributed by atoms with Gasteiger partial charge in [-0.05, 0) is 13.8 Å². The van der Waals surface area contributed by atoms with Crippen LogP contribution in [0.2, 0.25) is 0 Å². The van der Waals surface area contributed by atoms with Gasteiger partial charge in [-0.25, -0.2) is 0 Å². The van der Waals surface area contributed by atoms with Gasteiger partial charge in [-0.15, -0.1) is 0 Å². The second-order valence-electron chi connectivity index (χ2n) is 3.08. The van der Waals surface area contributed by atoms with Crippen molar-refractivity contribution < 1.29 is 14.1 Å². The zero-order chi connectivity index (χ0) is 11.3. The molecular formula is C9H15N3O3. The van der Waals surface area contributed by atoms with E-state index in [2.05, 4.69) is 15.5 Å². The number of aromatic nitrogens is 2. The van der Waals surface area contributed by atoms with Gasteiger partial charge < -0.3 is 9.26 Å². The Balaban J connectivity index is 2.33. The molecule has 1 aromatic rings. The van der Waals surface area contributed by atoms with E-state index in [1.807, 2.05) is 0 Å². The SMILES string of the molecule is CCOC(=O)C(C)NCc1noc(C)n1. The molecule has 1 rings (SSSR count). The van der Waals surface area contributed by atoms with E-state index < -0.39 is 0 Å². The van der Waals surface area contributed by atoms with E-state index in [0.29, 0.717) is 24.9 Å². The summed E-state index contributed by atoms with van der Waals surface area (Å²) in [4.78, 5) is 15.2. The van der Waals surface area contributed by atoms with E-state index >= 15 is 0 Å². The topological polar surface area (TPSA) is 77.2 Å². The van der Waals surface area contributed by atoms with Crippen molar-refractivity contribution in [2.45, 2.75) is 33.4 Å². The molecule has 0 aromatic carbocycles. The summed E-state index contributed by atoms with van der Waals surface area (Å²) in [6, 6.07) is -0.372. The highest BCUT2D eigenvalue weighted by Crippen LogP contribution is 1.95. The first-order chi connectivity index (χ1) is 7.13. The summed E-state index contributed by atoms with van der Waals surface area (Å²) < 4.78 is 9.62. The number of rotatable bonds is 5. The van der Waals surface area contributed by atoms with E-state index in [1.54, 1.807) is 20.8 Å². The molecule has 0 amide bonds. The molecule has 0 bridgehead atoms. The van der Waals surface area contributed by atoms with Gasteiger partial charge in [0.15, 0.2) is 5.82 Å². The molecule has 0 saturated heterocycles. The van der Waals surface area contributed by atoms with Gasteiger partial charge >= 0.3 is 5.97 Å². The number of hydrogen-bond donors (Lipinski definition) is 1. The number of ether oxygens (including phenoxy) is 1. The molecule has 84 valence electrons. The predicted molar refractivity (Wildman–Crippen MR) is 52.0 cm³/mol. The Morgan fingerprint density at radius 2 is 2.40 bits per heavy atom. The van der Waals surface area contributed by atoms with Gasteiger partial charge in [0, 0.05) is 6.92 Å². The molecule has 0 spiro atoms. The number of carbonyl (C=O) groups is 1. The quantitative estimate of drug-likeness (QED) is 0.714. The highest BCUT2D eigenvalue weighted by atomic mass is 16.5. The van der Waals surface area contributed by atoms with Crippen molar-refractivity contribution in [1.29, 1.82) is 0 Å². The van der Waals surface area contributed by atoms with E-state index in [-0.39, 0.29) is 12.0 Å². The van der Waals surface area contributed by atoms with Crippen LogP contribution in [0.15, 0.2) is 4.52 Å². The van der Waals surface area contributed by atoms with Crippen molar-refractivity contribution in [2.24, 2.45) is 0 Å². The molecule has 1 heterocycles. The third-order valence-electron chi connectivity index (χ3n) is 1.78. The van der Waals surface area contributed by atoms with Crippen molar-refractivity contribution in [2.75, 3.05) is 6.61 Å². The second-order valence-corrected chi connectivity index (χ2v) is 3.08. The molecule has 1 aromatic heterocycles. The summed E-state index contributed by atoms with van der Waals surface area (Å²) >= 11 is 0. The van der Waals surface area contributed by atoms with Crippen LogP contribution >= 0.6 is 0 Å². The van der Waals surface area contributed by atoms with Crippen LogP contribution in [0, 0.1) is 6.92 Å². The van der Waals surface area contributed by atoms with Gasteiger partial charge in [0.2, 0.25) is 5.89 Å². The highest BCUT2D eigenvalue weighted by Gasteiger charge is 2.13. The number of hydrogen-bond acceptors (Lipinski definition) is 6. The molecule has 0 aliphatic heterocycles. The fourth-order valence-corrected chi connectivity index (χ4v) is 1.01. The molecule has 1 atom stereocenters. The number of carbonyl (C=O) groups excluding carboxylic acids is 1. The lowest BCUT2D eigenvalue weighted by Gasteiger charge is -2.10. The summed E-state index contributed by atoms with van der Waals surface area (Å²) in [5, 5.41) is 6.63. The van der Waals surface area contributed by atoms with Crippen molar-refractivity contribution in [3.63, 3.8) is 0 Å². The normalized spacial score (nSPS) is 12.5. The second kappa shape index (κ2) is 5.45. The van der Waals surface area contributed by atoms with Crippen molar-refractivity contribution in [3.05, 3.63) is 11.7 Å². The Morgan fingerprint density at radius 3 is 2.93 bits per heavy atom. The van der Waals surface area contributed by atoms with Crippen LogP contribution in [0.3, 0.4) is 0 Å². The molecule has 15 heavy (non-hydrogen) atoms. The van der Waals surface area contributed by atoms with E-state index in [1.165, 1.54) is 0 Å². The van der Waals surface area contributed by atoms with E-state index in [0.717, 1.165) is 0 Å². The molecule has 0 saturated carbocycles. The van der Waals surface area contributed by atoms with Gasteiger partial charge in [0.05, 0.1) is 13.2 Å². The first-order valence-corrected chi connectivity index (χ1v) is 4.82. The minimum Gasteiger partial charge on any atom is -0.465 e. The molecule has 1 N–H and O–H groups in total. The molecule has 0 radical (unpaired) electrons. The van der Waals surface area contributed by atoms with Crippen LogP contribution in [-0.4, -0.2) is 28.8 Å². The van der Waals surface area contributed by atoms with Crippen LogP contribution in [0.5, 0.6) is 0 Å². The number of aryl methyl sites for hydroxylation is 1. The maximum Gasteiger partial charge on any atom is 0.322 e. The summed E-state index contributed by atoms with van der Waals surface area (Å²) in [5.74, 6) is 0.761. The summed E-state index contributed by atoms with van der Waals surface area (Å²) in [5.41, 5.74) is 0. The molecule has 6 nitrogen and oxygen atoms in total. The summed E-state index contributed by atoms with van der Waals surface area (Å²) in [6.45, 7) is 5.98. The number of nitrogens with zero attached hydrogens (tertiary/aromatic N) is 2. The lowest BCUT2D eigenvalue weighted by Crippen LogP contribution is -2.35. The lowest BCUT2D eigenvalue weighted by atomic mass is 10.3. The van der Waals surface area contributed by atoms with Crippen molar-refractivity contribution in [3.8, 4) is 0 Å². The van der Waals surface area contributed by atoms with Crippen LogP contribution in [0.25, 0.3) is 0 Å². The molecule has 1 unspecified atom stereocenters. The third-order valence-corrected chi connectivity index (χ3v) is 1.78. The Bertz CT molecular complexity index is 324. The van der Waals surface area contributed by atoms with Crippen LogP contribution in [0.1, 0.15) is 25.6 Å². The molecule has 6 heteroatoms. The monoisotopic (exact) mass is 213 g/mol. The Hall–Kier alpha value is -1.43. The molecule has 0 aliphatic rings. The smallest absolute Gasteiger partial charge is 0.322 e. The minimum atomic E-state index is -0.372. The van der Waals surface area contributed by atoms with E-state index in [9.17, 15) is 4.79 Å². The van der Waals surface area contributed by atoms with Gasteiger partial charge in [0.1, 0.15) is 6.04 Å². The van der Waals surface area contributed by atoms with Gasteiger partial charge in [-0.1, -0.05) is 5.16 Å². The average Bonchev–Trinajstić information content (AvgIpc) is 2.61.